The molecular formula is C24H17Cl3N2O2S. The minimum absolute atomic E-state index is 0.185. The third-order valence-electron chi connectivity index (χ3n) is 4.50. The first kappa shape index (κ1) is 22.7. The molecule has 0 aromatic heterocycles. The van der Waals surface area contributed by atoms with Gasteiger partial charge in [0.1, 0.15) is 5.75 Å². The molecule has 0 atom stereocenters. The maximum Gasteiger partial charge on any atom is 0.271 e. The summed E-state index contributed by atoms with van der Waals surface area (Å²) in [6.07, 6.45) is 1.79. The van der Waals surface area contributed by atoms with E-state index >= 15 is 0 Å². The van der Waals surface area contributed by atoms with Crippen LogP contribution in [-0.2, 0) is 4.79 Å². The monoisotopic (exact) mass is 502 g/mol. The average Bonchev–Trinajstić information content (AvgIpc) is 3.07. The maximum absolute atomic E-state index is 13.3. The van der Waals surface area contributed by atoms with E-state index in [1.165, 1.54) is 11.8 Å². The summed E-state index contributed by atoms with van der Waals surface area (Å²) in [5, 5.41) is 2.22. The van der Waals surface area contributed by atoms with Crippen LogP contribution in [0.3, 0.4) is 0 Å². The van der Waals surface area contributed by atoms with Crippen molar-refractivity contribution in [1.29, 1.82) is 0 Å². The Balaban J connectivity index is 1.73. The van der Waals surface area contributed by atoms with Crippen molar-refractivity contribution in [2.45, 2.75) is 6.92 Å². The van der Waals surface area contributed by atoms with Crippen LogP contribution in [0.4, 0.5) is 11.4 Å². The van der Waals surface area contributed by atoms with Gasteiger partial charge in [-0.05, 0) is 91.0 Å². The topological polar surface area (TPSA) is 41.9 Å². The van der Waals surface area contributed by atoms with Crippen molar-refractivity contribution in [3.8, 4) is 5.75 Å². The van der Waals surface area contributed by atoms with E-state index in [0.717, 1.165) is 5.56 Å². The van der Waals surface area contributed by atoms with Crippen LogP contribution in [0.1, 0.15) is 12.5 Å². The summed E-state index contributed by atoms with van der Waals surface area (Å²) >= 11 is 19.6. The first-order valence-corrected chi connectivity index (χ1v) is 11.7. The zero-order valence-corrected chi connectivity index (χ0v) is 20.0. The Morgan fingerprint density at radius 1 is 0.969 bits per heavy atom. The van der Waals surface area contributed by atoms with E-state index in [2.05, 4.69) is 4.99 Å². The maximum atomic E-state index is 13.3. The quantitative estimate of drug-likeness (QED) is 0.333. The second-order valence-electron chi connectivity index (χ2n) is 6.72. The molecule has 0 saturated carbocycles. The normalized spacial score (nSPS) is 16.2. The Hall–Kier alpha value is -2.44. The van der Waals surface area contributed by atoms with Gasteiger partial charge in [-0.25, -0.2) is 4.99 Å². The molecule has 1 fully saturated rings. The van der Waals surface area contributed by atoms with Gasteiger partial charge in [0, 0.05) is 10.0 Å². The Morgan fingerprint density at radius 3 is 2.25 bits per heavy atom. The number of nitrogens with zero attached hydrogens (tertiary/aromatic N) is 2. The highest BCUT2D eigenvalue weighted by molar-refractivity contribution is 8.19. The molecule has 162 valence electrons. The van der Waals surface area contributed by atoms with Gasteiger partial charge in [0.2, 0.25) is 0 Å². The third-order valence-corrected chi connectivity index (χ3v) is 6.26. The van der Waals surface area contributed by atoms with E-state index in [1.54, 1.807) is 71.6 Å². The minimum atomic E-state index is -0.185. The Morgan fingerprint density at radius 2 is 1.62 bits per heavy atom. The SMILES string of the molecule is CCOc1ccc(/C=C2\SC(=Nc3ccc(Cl)cc3)N(c3ccc(Cl)cc3)C2=O)cc1Cl. The number of aliphatic imine (C=N–C) groups is 1. The van der Waals surface area contributed by atoms with Crippen molar-refractivity contribution < 1.29 is 9.53 Å². The lowest BCUT2D eigenvalue weighted by molar-refractivity contribution is -0.113. The fourth-order valence-corrected chi connectivity index (χ4v) is 4.52. The van der Waals surface area contributed by atoms with Crippen LogP contribution in [0.25, 0.3) is 6.08 Å². The van der Waals surface area contributed by atoms with Crippen molar-refractivity contribution in [1.82, 2.24) is 0 Å². The van der Waals surface area contributed by atoms with Crippen LogP contribution in [0.15, 0.2) is 76.6 Å². The van der Waals surface area contributed by atoms with E-state index in [4.69, 9.17) is 39.5 Å². The van der Waals surface area contributed by atoms with Gasteiger partial charge in [-0.15, -0.1) is 0 Å². The molecule has 0 unspecified atom stereocenters. The number of halogens is 3. The van der Waals surface area contributed by atoms with Crippen LogP contribution in [-0.4, -0.2) is 17.7 Å². The molecule has 4 nitrogen and oxygen atoms in total. The van der Waals surface area contributed by atoms with E-state index in [1.807, 2.05) is 13.0 Å². The third kappa shape index (κ3) is 5.13. The highest BCUT2D eigenvalue weighted by Gasteiger charge is 2.34. The van der Waals surface area contributed by atoms with Gasteiger partial charge in [-0.1, -0.05) is 40.9 Å². The zero-order chi connectivity index (χ0) is 22.7. The second kappa shape index (κ2) is 10.0. The molecule has 4 rings (SSSR count). The highest BCUT2D eigenvalue weighted by Crippen LogP contribution is 2.38. The first-order valence-electron chi connectivity index (χ1n) is 9.71. The molecule has 0 N–H and O–H groups in total. The number of benzene rings is 3. The lowest BCUT2D eigenvalue weighted by Gasteiger charge is -2.15. The number of rotatable bonds is 5. The molecule has 8 heteroatoms. The van der Waals surface area contributed by atoms with Crippen LogP contribution < -0.4 is 9.64 Å². The summed E-state index contributed by atoms with van der Waals surface area (Å²) in [5.74, 6) is 0.421. The van der Waals surface area contributed by atoms with E-state index in [-0.39, 0.29) is 5.91 Å². The van der Waals surface area contributed by atoms with Gasteiger partial charge in [0.15, 0.2) is 5.17 Å². The Labute approximate surface area is 205 Å². The molecule has 3 aromatic rings. The summed E-state index contributed by atoms with van der Waals surface area (Å²) in [4.78, 5) is 20.1. The molecule has 1 aliphatic rings. The van der Waals surface area contributed by atoms with Crippen LogP contribution in [0.2, 0.25) is 15.1 Å². The van der Waals surface area contributed by atoms with E-state index in [9.17, 15) is 4.79 Å². The van der Waals surface area contributed by atoms with Gasteiger partial charge in [0.25, 0.3) is 5.91 Å². The van der Waals surface area contributed by atoms with Gasteiger partial charge < -0.3 is 4.74 Å². The fraction of sp³-hybridized carbons (Fsp3) is 0.0833. The van der Waals surface area contributed by atoms with Gasteiger partial charge in [-0.3, -0.25) is 9.69 Å². The number of thioether (sulfide) groups is 1. The van der Waals surface area contributed by atoms with Crippen molar-refractivity contribution >= 4 is 75.1 Å². The van der Waals surface area contributed by atoms with E-state index in [0.29, 0.717) is 48.9 Å². The van der Waals surface area contributed by atoms with E-state index < -0.39 is 0 Å². The molecule has 32 heavy (non-hydrogen) atoms. The number of amidine groups is 1. The summed E-state index contributed by atoms with van der Waals surface area (Å²) in [5.41, 5.74) is 2.15. The molecule has 0 aliphatic carbocycles. The number of carbonyl (C=O) groups excluding carboxylic acids is 1. The summed E-state index contributed by atoms with van der Waals surface area (Å²) in [7, 11) is 0. The van der Waals surface area contributed by atoms with Crippen molar-refractivity contribution in [3.63, 3.8) is 0 Å². The standard InChI is InChI=1S/C24H17Cl3N2O2S/c1-2-31-21-12-3-15(13-20(21)27)14-22-23(30)29(19-10-6-17(26)7-11-19)24(32-22)28-18-8-4-16(25)5-9-18/h3-14H,2H2,1H3/b22-14-,28-24?. The highest BCUT2D eigenvalue weighted by atomic mass is 35.5. The molecule has 0 radical (unpaired) electrons. The number of anilines is 1. The molecule has 1 aliphatic heterocycles. The average molecular weight is 504 g/mol. The van der Waals surface area contributed by atoms with Crippen LogP contribution in [0, 0.1) is 0 Å². The molecule has 1 amide bonds. The predicted octanol–water partition coefficient (Wildman–Crippen LogP) is 7.85. The smallest absolute Gasteiger partial charge is 0.271 e. The number of hydrogen-bond acceptors (Lipinski definition) is 4. The van der Waals surface area contributed by atoms with Crippen LogP contribution in [0.5, 0.6) is 5.75 Å². The van der Waals surface area contributed by atoms with Gasteiger partial charge >= 0.3 is 0 Å². The Kier molecular flexibility index (Phi) is 7.11. The number of carbonyl (C=O) groups is 1. The first-order chi connectivity index (χ1) is 15.4. The van der Waals surface area contributed by atoms with Crippen molar-refractivity contribution in [3.05, 3.63) is 92.3 Å². The number of ether oxygens (including phenoxy) is 1. The summed E-state index contributed by atoms with van der Waals surface area (Å²) in [6.45, 7) is 2.42. The van der Waals surface area contributed by atoms with Gasteiger partial charge in [-0.2, -0.15) is 0 Å². The van der Waals surface area contributed by atoms with Crippen molar-refractivity contribution in [2.75, 3.05) is 11.5 Å². The molecule has 1 heterocycles. The van der Waals surface area contributed by atoms with Crippen molar-refractivity contribution in [2.24, 2.45) is 4.99 Å². The lowest BCUT2D eigenvalue weighted by atomic mass is 10.2. The molecule has 3 aromatic carbocycles. The Bertz CT molecular complexity index is 1210. The summed E-state index contributed by atoms with van der Waals surface area (Å²) in [6, 6.07) is 19.6. The van der Waals surface area contributed by atoms with Crippen LogP contribution >= 0.6 is 46.6 Å². The largest absolute Gasteiger partial charge is 0.492 e. The predicted molar refractivity (Wildman–Crippen MR) is 136 cm³/mol. The fourth-order valence-electron chi connectivity index (χ4n) is 3.02. The zero-order valence-electron chi connectivity index (χ0n) is 16.9. The second-order valence-corrected chi connectivity index (χ2v) is 9.01. The molecule has 0 spiro atoms. The number of hydrogen-bond donors (Lipinski definition) is 0. The lowest BCUT2D eigenvalue weighted by Crippen LogP contribution is -2.28. The summed E-state index contributed by atoms with van der Waals surface area (Å²) < 4.78 is 5.49. The minimum Gasteiger partial charge on any atom is -0.492 e. The molecule has 0 bridgehead atoms. The van der Waals surface area contributed by atoms with Gasteiger partial charge in [0.05, 0.1) is 27.9 Å². The molecule has 1 saturated heterocycles. The molecular weight excluding hydrogens is 487 g/mol. The number of amides is 1.